The average Bonchev–Trinajstić information content (AvgIpc) is 3.48. The zero-order chi connectivity index (χ0) is 32.8. The highest BCUT2D eigenvalue weighted by Crippen LogP contribution is 2.40. The summed E-state index contributed by atoms with van der Waals surface area (Å²) in [5, 5.41) is 9.22. The second-order valence-corrected chi connectivity index (χ2v) is 11.9. The van der Waals surface area contributed by atoms with E-state index in [4.69, 9.17) is 27.9 Å². The van der Waals surface area contributed by atoms with Gasteiger partial charge in [0.1, 0.15) is 5.76 Å². The van der Waals surface area contributed by atoms with Crippen molar-refractivity contribution in [2.45, 2.75) is 18.1 Å². The molecule has 0 bridgehead atoms. The minimum atomic E-state index is -1.10. The van der Waals surface area contributed by atoms with Gasteiger partial charge in [-0.25, -0.2) is 4.98 Å². The van der Waals surface area contributed by atoms with Crippen molar-refractivity contribution in [1.82, 2.24) is 19.8 Å². The van der Waals surface area contributed by atoms with Crippen molar-refractivity contribution in [3.63, 3.8) is 0 Å². The van der Waals surface area contributed by atoms with E-state index in [9.17, 15) is 14.4 Å². The van der Waals surface area contributed by atoms with Crippen molar-refractivity contribution in [2.24, 2.45) is 7.05 Å². The summed E-state index contributed by atoms with van der Waals surface area (Å²) in [6.45, 7) is 1.50. The normalized spacial score (nSPS) is 16.1. The van der Waals surface area contributed by atoms with Crippen LogP contribution in [0.3, 0.4) is 0 Å². The summed E-state index contributed by atoms with van der Waals surface area (Å²) in [6, 6.07) is 21.6. The number of fused-ring (bicyclic) bond motifs is 1. The molecule has 3 amide bonds. The third kappa shape index (κ3) is 7.77. The summed E-state index contributed by atoms with van der Waals surface area (Å²) in [4.78, 5) is 42.6. The minimum Gasteiger partial charge on any atom is -0.467 e. The predicted octanol–water partition coefficient (Wildman–Crippen LogP) is 6.05. The van der Waals surface area contributed by atoms with E-state index < -0.39 is 17.1 Å². The number of hydrogen-bond donors (Lipinski definition) is 3. The van der Waals surface area contributed by atoms with Gasteiger partial charge in [0.25, 0.3) is 5.91 Å². The van der Waals surface area contributed by atoms with Gasteiger partial charge in [0.05, 0.1) is 6.54 Å². The number of alkyl halides is 1. The fraction of sp³-hybridized carbons (Fsp3) is 0.176. The molecule has 2 atom stereocenters. The number of aryl methyl sites for hydroxylation is 1. The van der Waals surface area contributed by atoms with Crippen LogP contribution in [0.1, 0.15) is 40.5 Å². The van der Waals surface area contributed by atoms with Crippen LogP contribution in [-0.2, 0) is 21.4 Å². The van der Waals surface area contributed by atoms with Gasteiger partial charge in [-0.15, -0.1) is 0 Å². The second-order valence-electron chi connectivity index (χ2n) is 10.7. The van der Waals surface area contributed by atoms with Crippen molar-refractivity contribution in [2.75, 3.05) is 24.2 Å². The monoisotopic (exact) mass is 658 g/mol. The molecule has 236 valence electrons. The molecule has 0 spiro atoms. The highest BCUT2D eigenvalue weighted by Gasteiger charge is 2.36. The standard InChI is InChI=1S/C34H32Cl2N6O4/c1-34(36)28(20-24-19-25(35)12-15-27(24)40-34)46-33(23-7-5-4-6-8-23)42(3)30(44)21-38-29(43)16-11-22-9-13-26(14-10-22)39-32(45)31-37-17-18-41(31)2/h4-20,33,40H,21H2,1-3H3,(H,38,43)(H,39,45). The summed E-state index contributed by atoms with van der Waals surface area (Å²) in [5.41, 5.74) is 3.63. The van der Waals surface area contributed by atoms with E-state index in [1.165, 1.54) is 11.0 Å². The van der Waals surface area contributed by atoms with Gasteiger partial charge in [0.2, 0.25) is 11.8 Å². The Morgan fingerprint density at radius 1 is 1.11 bits per heavy atom. The van der Waals surface area contributed by atoms with Crippen molar-refractivity contribution in [3.05, 3.63) is 125 Å². The topological polar surface area (TPSA) is 118 Å². The molecule has 0 aliphatic carbocycles. The molecule has 3 N–H and O–H groups in total. The molecular formula is C34H32Cl2N6O4. The third-order valence-corrected chi connectivity index (χ3v) is 7.75. The van der Waals surface area contributed by atoms with Crippen LogP contribution in [0.25, 0.3) is 12.2 Å². The maximum absolute atomic E-state index is 13.3. The third-order valence-electron chi connectivity index (χ3n) is 7.23. The second kappa shape index (κ2) is 13.9. The molecule has 1 aliphatic heterocycles. The Morgan fingerprint density at radius 3 is 2.54 bits per heavy atom. The number of carbonyl (C=O) groups excluding carboxylic acids is 3. The summed E-state index contributed by atoms with van der Waals surface area (Å²) >= 11 is 13.0. The lowest BCUT2D eigenvalue weighted by atomic mass is 10.0. The number of ether oxygens (including phenoxy) is 1. The van der Waals surface area contributed by atoms with Crippen LogP contribution in [0.15, 0.2) is 97.0 Å². The summed E-state index contributed by atoms with van der Waals surface area (Å²) < 4.78 is 8.04. The Bertz CT molecular complexity index is 1800. The Labute approximate surface area is 276 Å². The van der Waals surface area contributed by atoms with E-state index in [0.29, 0.717) is 22.3 Å². The number of aromatic nitrogens is 2. The largest absolute Gasteiger partial charge is 0.467 e. The van der Waals surface area contributed by atoms with Crippen LogP contribution in [0, 0.1) is 0 Å². The van der Waals surface area contributed by atoms with Crippen molar-refractivity contribution in [1.29, 1.82) is 0 Å². The molecule has 0 radical (unpaired) electrons. The van der Waals surface area contributed by atoms with Gasteiger partial charge < -0.3 is 30.2 Å². The fourth-order valence-corrected chi connectivity index (χ4v) is 5.09. The van der Waals surface area contributed by atoms with E-state index in [-0.39, 0.29) is 18.4 Å². The number of nitrogens with one attached hydrogen (secondary N) is 3. The molecule has 1 aromatic heterocycles. The summed E-state index contributed by atoms with van der Waals surface area (Å²) in [5.74, 6) is -0.478. The lowest BCUT2D eigenvalue weighted by molar-refractivity contribution is -0.141. The van der Waals surface area contributed by atoms with Gasteiger partial charge in [0, 0.05) is 60.1 Å². The van der Waals surface area contributed by atoms with Crippen LogP contribution < -0.4 is 16.0 Å². The van der Waals surface area contributed by atoms with Gasteiger partial charge in [-0.05, 0) is 55.0 Å². The number of amides is 3. The molecular weight excluding hydrogens is 627 g/mol. The number of anilines is 2. The first kappa shape index (κ1) is 32.3. The highest BCUT2D eigenvalue weighted by molar-refractivity contribution is 6.31. The van der Waals surface area contributed by atoms with Gasteiger partial charge in [-0.3, -0.25) is 14.4 Å². The summed E-state index contributed by atoms with van der Waals surface area (Å²) in [7, 11) is 3.34. The quantitative estimate of drug-likeness (QED) is 0.0826. The fourth-order valence-electron chi connectivity index (χ4n) is 4.71. The summed E-state index contributed by atoms with van der Waals surface area (Å²) in [6.07, 6.45) is 7.14. The number of carbonyl (C=O) groups is 3. The van der Waals surface area contributed by atoms with E-state index in [1.807, 2.05) is 36.4 Å². The Balaban J connectivity index is 1.21. The maximum atomic E-state index is 13.3. The molecule has 0 saturated carbocycles. The maximum Gasteiger partial charge on any atom is 0.291 e. The number of imidazole rings is 1. The van der Waals surface area contributed by atoms with Gasteiger partial charge in [-0.2, -0.15) is 0 Å². The highest BCUT2D eigenvalue weighted by atomic mass is 35.5. The van der Waals surface area contributed by atoms with Crippen molar-refractivity contribution >= 4 is 64.5 Å². The van der Waals surface area contributed by atoms with Crippen LogP contribution in [0.2, 0.25) is 5.02 Å². The first-order chi connectivity index (χ1) is 22.0. The van der Waals surface area contributed by atoms with Crippen molar-refractivity contribution < 1.29 is 19.1 Å². The van der Waals surface area contributed by atoms with Gasteiger partial charge in [-0.1, -0.05) is 65.7 Å². The Morgan fingerprint density at radius 2 is 1.85 bits per heavy atom. The minimum absolute atomic E-state index is 0.265. The first-order valence-corrected chi connectivity index (χ1v) is 15.1. The molecule has 5 rings (SSSR count). The number of nitrogens with zero attached hydrogens (tertiary/aromatic N) is 3. The van der Waals surface area contributed by atoms with Crippen LogP contribution in [0.5, 0.6) is 0 Å². The van der Waals surface area contributed by atoms with Crippen LogP contribution in [-0.4, -0.2) is 50.8 Å². The van der Waals surface area contributed by atoms with Crippen molar-refractivity contribution in [3.8, 4) is 0 Å². The molecule has 2 unspecified atom stereocenters. The van der Waals surface area contributed by atoms with E-state index >= 15 is 0 Å². The average molecular weight is 660 g/mol. The number of rotatable bonds is 10. The molecule has 46 heavy (non-hydrogen) atoms. The molecule has 2 heterocycles. The lowest BCUT2D eigenvalue weighted by Crippen LogP contribution is -2.42. The zero-order valence-corrected chi connectivity index (χ0v) is 26.8. The number of hydrogen-bond acceptors (Lipinski definition) is 6. The number of likely N-dealkylation sites (N-methyl/N-ethyl adjacent to an activating group) is 1. The van der Waals surface area contributed by atoms with Crippen LogP contribution >= 0.6 is 23.2 Å². The predicted molar refractivity (Wildman–Crippen MR) is 180 cm³/mol. The zero-order valence-electron chi connectivity index (χ0n) is 25.3. The van der Waals surface area contributed by atoms with Crippen LogP contribution in [0.4, 0.5) is 11.4 Å². The van der Waals surface area contributed by atoms with E-state index in [0.717, 1.165) is 22.4 Å². The Kier molecular flexibility index (Phi) is 9.79. The molecule has 12 heteroatoms. The molecule has 0 saturated heterocycles. The lowest BCUT2D eigenvalue weighted by Gasteiger charge is -2.37. The first-order valence-electron chi connectivity index (χ1n) is 14.3. The molecule has 10 nitrogen and oxygen atoms in total. The number of halogens is 2. The molecule has 4 aromatic rings. The number of benzene rings is 3. The van der Waals surface area contributed by atoms with Gasteiger partial charge in [0.15, 0.2) is 17.1 Å². The smallest absolute Gasteiger partial charge is 0.291 e. The SMILES string of the molecule is CN(C(=O)CNC(=O)C=Cc1ccc(NC(=O)c2nccn2C)cc1)C(OC1=Cc2cc(Cl)ccc2NC1(C)Cl)c1ccccc1. The van der Waals surface area contributed by atoms with E-state index in [1.54, 1.807) is 86.5 Å². The van der Waals surface area contributed by atoms with Gasteiger partial charge >= 0.3 is 0 Å². The Hall–Kier alpha value is -5.06. The van der Waals surface area contributed by atoms with E-state index in [2.05, 4.69) is 20.9 Å². The molecule has 0 fully saturated rings. The molecule has 3 aromatic carbocycles. The molecule has 1 aliphatic rings.